The molecule has 3 aromatic heterocycles. The Bertz CT molecular complexity index is 1660. The van der Waals surface area contributed by atoms with Gasteiger partial charge in [-0.15, -0.1) is 12.1 Å². The van der Waals surface area contributed by atoms with Gasteiger partial charge >= 0.3 is 6.42 Å². The first-order valence-corrected chi connectivity index (χ1v) is 13.4. The van der Waals surface area contributed by atoms with Gasteiger partial charge in [-0.25, -0.2) is 9.13 Å². The van der Waals surface area contributed by atoms with Gasteiger partial charge in [0.25, 0.3) is 0 Å². The number of halogens is 2. The van der Waals surface area contributed by atoms with Gasteiger partial charge in [-0.2, -0.15) is 10.9 Å². The molecule has 0 aliphatic rings. The Balaban J connectivity index is 0.000000228. The van der Waals surface area contributed by atoms with Crippen LogP contribution in [-0.2, 0) is 34.2 Å². The van der Waals surface area contributed by atoms with Crippen LogP contribution in [0.25, 0.3) is 11.3 Å². The minimum Gasteiger partial charge on any atom is -0.366 e. The molecule has 5 nitrogen and oxygen atoms in total. The summed E-state index contributed by atoms with van der Waals surface area (Å²) in [6, 6.07) is 27.4. The van der Waals surface area contributed by atoms with Gasteiger partial charge in [0.2, 0.25) is 0 Å². The van der Waals surface area contributed by atoms with E-state index in [4.69, 9.17) is 0 Å². The molecule has 3 heterocycles. The van der Waals surface area contributed by atoms with Crippen LogP contribution in [0.15, 0.2) is 123 Å². The van der Waals surface area contributed by atoms with Gasteiger partial charge in [0.05, 0.1) is 0 Å². The van der Waals surface area contributed by atoms with Crippen LogP contribution in [0.1, 0.15) is 11.1 Å². The zero-order valence-corrected chi connectivity index (χ0v) is 26.3. The molecule has 0 saturated carbocycles. The van der Waals surface area contributed by atoms with Gasteiger partial charge in [0.15, 0.2) is 12.4 Å². The Morgan fingerprint density at radius 1 is 0.738 bits per heavy atom. The topological polar surface area (TPSA) is 32.6 Å². The van der Waals surface area contributed by atoms with Gasteiger partial charge in [-0.3, -0.25) is 8.78 Å². The van der Waals surface area contributed by atoms with Crippen molar-refractivity contribution in [1.82, 2.24) is 23.1 Å². The Morgan fingerprint density at radius 2 is 1.26 bits per heavy atom. The van der Waals surface area contributed by atoms with Crippen LogP contribution in [0.4, 0.5) is 8.78 Å². The molecule has 3 aromatic carbocycles. The number of hydrogen-bond acceptors (Lipinski definition) is 1. The van der Waals surface area contributed by atoms with Crippen molar-refractivity contribution >= 4 is 17.3 Å². The van der Waals surface area contributed by atoms with Crippen LogP contribution >= 0.6 is 0 Å². The molecule has 6 aromatic rings. The first-order valence-electron chi connectivity index (χ1n) is 13.4. The number of benzene rings is 3. The smallest absolute Gasteiger partial charge is 0.302 e. The number of imidazole rings is 2. The monoisotopic (exact) mass is 740 g/mol. The van der Waals surface area contributed by atoms with Crippen molar-refractivity contribution in [2.24, 2.45) is 14.1 Å². The molecule has 1 radical (unpaired) electrons. The normalized spacial score (nSPS) is 10.9. The van der Waals surface area contributed by atoms with E-state index >= 15 is 0 Å². The molecule has 0 unspecified atom stereocenters. The molecular weight excluding hydrogens is 707 g/mol. The number of aromatic nitrogens is 5. The molecular formula is C33H32BF2IrN5. The number of pyridine rings is 1. The summed E-state index contributed by atoms with van der Waals surface area (Å²) in [4.78, 5) is 3.95. The number of aryl methyl sites for hydroxylation is 4. The van der Waals surface area contributed by atoms with E-state index in [1.54, 1.807) is 24.4 Å². The average Bonchev–Trinajstić information content (AvgIpc) is 3.60. The van der Waals surface area contributed by atoms with Crippen LogP contribution in [-0.4, -0.2) is 29.5 Å². The van der Waals surface area contributed by atoms with Gasteiger partial charge in [0.1, 0.15) is 25.0 Å². The first-order chi connectivity index (χ1) is 19.8. The summed E-state index contributed by atoms with van der Waals surface area (Å²) in [5.41, 5.74) is 5.72. The summed E-state index contributed by atoms with van der Waals surface area (Å²) in [6.07, 6.45) is 13.0. The summed E-state index contributed by atoms with van der Waals surface area (Å²) in [5.74, 6) is -1.29. The molecule has 0 atom stereocenters. The standard InChI is InChI=1S/C22H26BN4.C11H6F2N.Ir/c1-19-5-9-21(10-6-19)23(26-15-13-24(3)17-26,27-16-14-25(4)18-27)22-11-7-20(2)8-12-22;12-8-4-5-9(10(13)7-8)11-3-1-2-6-14-11;/h5-18H,1-4H3;1-4,6-7H;/q+1;-1;. The molecule has 9 heteroatoms. The molecule has 0 aliphatic heterocycles. The molecule has 0 fully saturated rings. The molecule has 0 spiro atoms. The zero-order chi connectivity index (χ0) is 29.0. The Hall–Kier alpha value is -4.20. The van der Waals surface area contributed by atoms with Crippen LogP contribution in [0, 0.1) is 31.5 Å². The quantitative estimate of drug-likeness (QED) is 0.167. The van der Waals surface area contributed by atoms with E-state index in [1.165, 1.54) is 22.1 Å². The third-order valence-corrected chi connectivity index (χ3v) is 7.30. The molecule has 42 heavy (non-hydrogen) atoms. The van der Waals surface area contributed by atoms with Crippen molar-refractivity contribution in [2.75, 3.05) is 0 Å². The van der Waals surface area contributed by atoms with E-state index in [1.807, 2.05) is 0 Å². The molecule has 0 aliphatic carbocycles. The summed E-state index contributed by atoms with van der Waals surface area (Å²) in [6.45, 7) is 4.27. The largest absolute Gasteiger partial charge is 0.366 e. The fourth-order valence-corrected chi connectivity index (χ4v) is 5.24. The molecule has 0 saturated heterocycles. The van der Waals surface area contributed by atoms with Crippen molar-refractivity contribution in [1.29, 1.82) is 0 Å². The van der Waals surface area contributed by atoms with E-state index in [9.17, 15) is 8.78 Å². The minimum absolute atomic E-state index is 0. The van der Waals surface area contributed by atoms with Gasteiger partial charge in [-0.05, 0) is 25.6 Å². The van der Waals surface area contributed by atoms with Gasteiger partial charge in [0, 0.05) is 52.0 Å². The maximum Gasteiger partial charge on any atom is 0.302 e. The predicted molar refractivity (Wildman–Crippen MR) is 162 cm³/mol. The Morgan fingerprint density at radius 3 is 1.67 bits per heavy atom. The van der Waals surface area contributed by atoms with Crippen molar-refractivity contribution < 1.29 is 28.9 Å². The fraction of sp³-hybridized carbons (Fsp3) is 0.121. The van der Waals surface area contributed by atoms with Crippen molar-refractivity contribution in [2.45, 2.75) is 13.8 Å². The first kappa shape index (κ1) is 30.8. The minimum atomic E-state index is -1.41. The number of nitrogens with zero attached hydrogens (tertiary/aromatic N) is 5. The second kappa shape index (κ2) is 13.2. The second-order valence-corrected chi connectivity index (χ2v) is 10.4. The second-order valence-electron chi connectivity index (χ2n) is 10.4. The average molecular weight is 740 g/mol. The van der Waals surface area contributed by atoms with Gasteiger partial charge < -0.3 is 13.9 Å². The van der Waals surface area contributed by atoms with Crippen LogP contribution in [0.2, 0.25) is 0 Å². The van der Waals surface area contributed by atoms with E-state index in [0.717, 1.165) is 12.1 Å². The SMILES string of the molecule is Cc1ccc([B-](c2ccc(C)cc2)(n2ccn(C)[cH+]2)n2ccn(C)[cH+]2)cc1.Fc1c[c-]c(-c2ccccn2)c(F)c1.[Ir]. The fourth-order valence-electron chi connectivity index (χ4n) is 5.24. The number of rotatable bonds is 5. The van der Waals surface area contributed by atoms with Crippen LogP contribution in [0.5, 0.6) is 0 Å². The van der Waals surface area contributed by atoms with E-state index in [2.05, 4.69) is 143 Å². The van der Waals surface area contributed by atoms with E-state index in [-0.39, 0.29) is 25.7 Å². The van der Waals surface area contributed by atoms with Crippen molar-refractivity contribution in [3.05, 3.63) is 151 Å². The van der Waals surface area contributed by atoms with E-state index < -0.39 is 18.1 Å². The summed E-state index contributed by atoms with van der Waals surface area (Å²) in [5, 5.41) is 0. The molecule has 215 valence electrons. The molecule has 6 rings (SSSR count). The van der Waals surface area contributed by atoms with Crippen LogP contribution in [0.3, 0.4) is 0 Å². The maximum atomic E-state index is 13.2. The van der Waals surface area contributed by atoms with E-state index in [0.29, 0.717) is 5.69 Å². The maximum absolute atomic E-state index is 13.2. The summed E-state index contributed by atoms with van der Waals surface area (Å²) < 4.78 is 34.7. The van der Waals surface area contributed by atoms with Crippen LogP contribution < -0.4 is 10.9 Å². The van der Waals surface area contributed by atoms with Crippen molar-refractivity contribution in [3.63, 3.8) is 0 Å². The predicted octanol–water partition coefficient (Wildman–Crippen LogP) is 5.62. The Kier molecular flexibility index (Phi) is 9.66. The Labute approximate surface area is 259 Å². The van der Waals surface area contributed by atoms with Crippen molar-refractivity contribution in [3.8, 4) is 11.3 Å². The van der Waals surface area contributed by atoms with Gasteiger partial charge in [-0.1, -0.05) is 83.4 Å². The number of hydrogen-bond donors (Lipinski definition) is 0. The zero-order valence-electron chi connectivity index (χ0n) is 23.9. The molecule has 0 N–H and O–H groups in total. The summed E-state index contributed by atoms with van der Waals surface area (Å²) in [7, 11) is 4.13. The molecule has 0 bridgehead atoms. The molecule has 0 amide bonds. The third kappa shape index (κ3) is 6.33. The summed E-state index contributed by atoms with van der Waals surface area (Å²) >= 11 is 0. The third-order valence-electron chi connectivity index (χ3n) is 7.30.